The molecule has 3 aromatic carbocycles. The summed E-state index contributed by atoms with van der Waals surface area (Å²) >= 11 is 11.5. The van der Waals surface area contributed by atoms with Crippen molar-refractivity contribution in [2.45, 2.75) is 0 Å². The lowest BCUT2D eigenvalue weighted by Crippen LogP contribution is -1.86. The highest BCUT2D eigenvalue weighted by molar-refractivity contribution is 14.1. The van der Waals surface area contributed by atoms with Gasteiger partial charge >= 0.3 is 0 Å². The van der Waals surface area contributed by atoms with Gasteiger partial charge in [0.15, 0.2) is 5.58 Å². The third-order valence-electron chi connectivity index (χ3n) is 3.87. The van der Waals surface area contributed by atoms with Crippen LogP contribution in [0, 0.1) is 3.57 Å². The average molecular weight is 554 g/mol. The second kappa shape index (κ2) is 7.61. The summed E-state index contributed by atoms with van der Waals surface area (Å²) in [6, 6.07) is 16.5. The lowest BCUT2D eigenvalue weighted by molar-refractivity contribution is 0.470. The molecule has 0 atom stereocenters. The molecule has 0 fully saturated rings. The molecule has 0 radical (unpaired) electrons. The van der Waals surface area contributed by atoms with E-state index in [1.807, 2.05) is 36.4 Å². The van der Waals surface area contributed by atoms with E-state index in [-0.39, 0.29) is 5.75 Å². The summed E-state index contributed by atoms with van der Waals surface area (Å²) in [6.45, 7) is 0. The number of halogens is 3. The minimum atomic E-state index is 0.212. The third-order valence-corrected chi connectivity index (χ3v) is 5.39. The first-order chi connectivity index (χ1) is 13.0. The molecule has 0 saturated carbocycles. The maximum Gasteiger partial charge on any atom is 0.227 e. The first-order valence-electron chi connectivity index (χ1n) is 7.88. The van der Waals surface area contributed by atoms with Crippen molar-refractivity contribution >= 4 is 73.1 Å². The molecule has 1 aromatic heterocycles. The number of aliphatic imine (C=N–C) groups is 1. The molecule has 0 aliphatic rings. The summed E-state index contributed by atoms with van der Waals surface area (Å²) in [5.41, 5.74) is 3.66. The van der Waals surface area contributed by atoms with Crippen LogP contribution in [0.4, 0.5) is 5.69 Å². The number of phenolic OH excluding ortho intramolecular Hbond substituents is 1. The van der Waals surface area contributed by atoms with Crippen LogP contribution in [0.15, 0.2) is 68.5 Å². The zero-order chi connectivity index (χ0) is 19.0. The molecule has 27 heavy (non-hydrogen) atoms. The van der Waals surface area contributed by atoms with E-state index in [1.165, 1.54) is 0 Å². The highest BCUT2D eigenvalue weighted by atomic mass is 127. The maximum absolute atomic E-state index is 10.1. The van der Waals surface area contributed by atoms with Gasteiger partial charge < -0.3 is 9.52 Å². The Morgan fingerprint density at radius 1 is 1.11 bits per heavy atom. The van der Waals surface area contributed by atoms with Gasteiger partial charge in [0.25, 0.3) is 0 Å². The number of aromatic nitrogens is 1. The maximum atomic E-state index is 10.1. The normalized spacial score (nSPS) is 11.5. The predicted molar refractivity (Wildman–Crippen MR) is 120 cm³/mol. The van der Waals surface area contributed by atoms with E-state index in [2.05, 4.69) is 48.5 Å². The van der Waals surface area contributed by atoms with Crippen molar-refractivity contribution in [2.75, 3.05) is 0 Å². The number of nitrogens with zero attached hydrogens (tertiary/aromatic N) is 2. The number of phenols is 1. The van der Waals surface area contributed by atoms with Crippen molar-refractivity contribution in [3.8, 4) is 17.2 Å². The first-order valence-corrected chi connectivity index (χ1v) is 10.1. The van der Waals surface area contributed by atoms with Crippen molar-refractivity contribution in [1.29, 1.82) is 0 Å². The van der Waals surface area contributed by atoms with Crippen LogP contribution in [0.5, 0.6) is 5.75 Å². The van der Waals surface area contributed by atoms with Gasteiger partial charge in [0.1, 0.15) is 11.3 Å². The van der Waals surface area contributed by atoms with E-state index in [0.29, 0.717) is 22.1 Å². The highest BCUT2D eigenvalue weighted by Crippen LogP contribution is 2.29. The van der Waals surface area contributed by atoms with Crippen LogP contribution in [-0.4, -0.2) is 16.3 Å². The number of hydrogen-bond donors (Lipinski definition) is 1. The summed E-state index contributed by atoms with van der Waals surface area (Å²) in [5.74, 6) is 0.742. The molecule has 0 spiro atoms. The number of aromatic hydroxyl groups is 1. The molecule has 4 rings (SSSR count). The van der Waals surface area contributed by atoms with Crippen molar-refractivity contribution in [2.24, 2.45) is 4.99 Å². The lowest BCUT2D eigenvalue weighted by atomic mass is 10.2. The number of benzene rings is 3. The minimum Gasteiger partial charge on any atom is -0.506 e. The van der Waals surface area contributed by atoms with E-state index in [1.54, 1.807) is 24.4 Å². The SMILES string of the molecule is Oc1c(I)cc(Br)cc1C=Nc1ccc(-c2nc3cc(Cl)ccc3o2)cc1. The Morgan fingerprint density at radius 2 is 1.89 bits per heavy atom. The van der Waals surface area contributed by atoms with Gasteiger partial charge in [-0.25, -0.2) is 4.98 Å². The molecule has 1 heterocycles. The van der Waals surface area contributed by atoms with Crippen LogP contribution in [0.3, 0.4) is 0 Å². The van der Waals surface area contributed by atoms with Gasteiger partial charge in [0, 0.05) is 26.8 Å². The van der Waals surface area contributed by atoms with Gasteiger partial charge in [-0.15, -0.1) is 0 Å². The van der Waals surface area contributed by atoms with E-state index in [9.17, 15) is 5.11 Å². The topological polar surface area (TPSA) is 58.6 Å². The van der Waals surface area contributed by atoms with Gasteiger partial charge in [0.2, 0.25) is 5.89 Å². The van der Waals surface area contributed by atoms with Crippen molar-refractivity contribution < 1.29 is 9.52 Å². The second-order valence-electron chi connectivity index (χ2n) is 5.76. The molecule has 4 nitrogen and oxygen atoms in total. The third kappa shape index (κ3) is 4.02. The zero-order valence-electron chi connectivity index (χ0n) is 13.7. The van der Waals surface area contributed by atoms with Crippen molar-refractivity contribution in [1.82, 2.24) is 4.98 Å². The molecule has 1 N–H and O–H groups in total. The summed E-state index contributed by atoms with van der Waals surface area (Å²) < 4.78 is 7.42. The molecule has 0 amide bonds. The Bertz CT molecular complexity index is 1170. The first kappa shape index (κ1) is 18.5. The molecule has 4 aromatic rings. The molecule has 0 saturated heterocycles. The van der Waals surface area contributed by atoms with Crippen molar-refractivity contribution in [3.05, 3.63) is 73.2 Å². The Morgan fingerprint density at radius 3 is 2.67 bits per heavy atom. The van der Waals surface area contributed by atoms with Crippen LogP contribution < -0.4 is 0 Å². The molecule has 134 valence electrons. The van der Waals surface area contributed by atoms with E-state index in [4.69, 9.17) is 16.0 Å². The Kier molecular flexibility index (Phi) is 5.21. The number of rotatable bonds is 3. The number of fused-ring (bicyclic) bond motifs is 1. The van der Waals surface area contributed by atoms with Gasteiger partial charge in [-0.05, 0) is 77.2 Å². The van der Waals surface area contributed by atoms with Crippen molar-refractivity contribution in [3.63, 3.8) is 0 Å². The summed E-state index contributed by atoms with van der Waals surface area (Å²) in [6.07, 6.45) is 1.64. The van der Waals surface area contributed by atoms with Gasteiger partial charge in [-0.3, -0.25) is 4.99 Å². The van der Waals surface area contributed by atoms with E-state index < -0.39 is 0 Å². The highest BCUT2D eigenvalue weighted by Gasteiger charge is 2.09. The monoisotopic (exact) mass is 552 g/mol. The molecular weight excluding hydrogens is 542 g/mol. The quantitative estimate of drug-likeness (QED) is 0.220. The molecule has 0 aliphatic carbocycles. The van der Waals surface area contributed by atoms with Crippen LogP contribution in [-0.2, 0) is 0 Å². The minimum absolute atomic E-state index is 0.212. The van der Waals surface area contributed by atoms with Gasteiger partial charge in [-0.1, -0.05) is 27.5 Å². The van der Waals surface area contributed by atoms with Crippen LogP contribution in [0.1, 0.15) is 5.56 Å². The Labute approximate surface area is 182 Å². The second-order valence-corrected chi connectivity index (χ2v) is 8.28. The van der Waals surface area contributed by atoms with Gasteiger partial charge in [0.05, 0.1) is 9.26 Å². The summed E-state index contributed by atoms with van der Waals surface area (Å²) in [4.78, 5) is 8.90. The Hall–Kier alpha value is -1.90. The van der Waals surface area contributed by atoms with Crippen LogP contribution >= 0.6 is 50.1 Å². The Balaban J connectivity index is 1.60. The fourth-order valence-corrected chi connectivity index (χ4v) is 4.26. The zero-order valence-corrected chi connectivity index (χ0v) is 18.2. The molecule has 7 heteroatoms. The van der Waals surface area contributed by atoms with E-state index >= 15 is 0 Å². The standard InChI is InChI=1S/C20H11BrClIN2O2/c21-13-7-12(19(26)16(23)8-13)10-24-15-4-1-11(2-5-15)20-25-17-9-14(22)3-6-18(17)27-20/h1-10,26H. The number of oxazole rings is 1. The fraction of sp³-hybridized carbons (Fsp3) is 0. The lowest BCUT2D eigenvalue weighted by Gasteiger charge is -2.03. The number of hydrogen-bond acceptors (Lipinski definition) is 4. The van der Waals surface area contributed by atoms with Gasteiger partial charge in [-0.2, -0.15) is 0 Å². The smallest absolute Gasteiger partial charge is 0.227 e. The largest absolute Gasteiger partial charge is 0.506 e. The fourth-order valence-electron chi connectivity index (χ4n) is 2.54. The van der Waals surface area contributed by atoms with Crippen LogP contribution in [0.25, 0.3) is 22.6 Å². The molecule has 0 aliphatic heterocycles. The summed E-state index contributed by atoms with van der Waals surface area (Å²) in [7, 11) is 0. The molecule has 0 bridgehead atoms. The molecule has 0 unspecified atom stereocenters. The summed E-state index contributed by atoms with van der Waals surface area (Å²) in [5, 5.41) is 10.8. The van der Waals surface area contributed by atoms with Crippen LogP contribution in [0.2, 0.25) is 5.02 Å². The predicted octanol–water partition coefficient (Wildman–Crippen LogP) is 6.97. The molecular formula is C20H11BrClIN2O2. The van der Waals surface area contributed by atoms with E-state index in [0.717, 1.165) is 24.8 Å². The average Bonchev–Trinajstić information content (AvgIpc) is 3.07.